The number of aryl methyl sites for hydroxylation is 1. The fourth-order valence-electron chi connectivity index (χ4n) is 3.83. The highest BCUT2D eigenvalue weighted by atomic mass is 16.6. The highest BCUT2D eigenvalue weighted by Gasteiger charge is 2.50. The van der Waals surface area contributed by atoms with Crippen molar-refractivity contribution in [2.24, 2.45) is 7.05 Å². The molecule has 1 aromatic carbocycles. The minimum absolute atomic E-state index is 0.0954. The summed E-state index contributed by atoms with van der Waals surface area (Å²) in [6, 6.07) is 3.43. The van der Waals surface area contributed by atoms with Crippen LogP contribution in [-0.4, -0.2) is 42.4 Å². The number of aromatic nitrogens is 1. The minimum atomic E-state index is -1.14. The van der Waals surface area contributed by atoms with E-state index in [1.54, 1.807) is 33.0 Å². The second-order valence-corrected chi connectivity index (χ2v) is 7.57. The summed E-state index contributed by atoms with van der Waals surface area (Å²) in [4.78, 5) is 37.0. The smallest absolute Gasteiger partial charge is 0.303 e. The van der Waals surface area contributed by atoms with E-state index in [1.807, 2.05) is 0 Å². The number of nitrogens with zero attached hydrogens (tertiary/aromatic N) is 1. The quantitative estimate of drug-likeness (QED) is 0.696. The Morgan fingerprint density at radius 3 is 2.23 bits per heavy atom. The molecule has 9 nitrogen and oxygen atoms in total. The monoisotopic (exact) mass is 419 g/mol. The summed E-state index contributed by atoms with van der Waals surface area (Å²) in [7, 11) is 4.54. The highest BCUT2D eigenvalue weighted by molar-refractivity contribution is 5.93. The van der Waals surface area contributed by atoms with Gasteiger partial charge in [-0.15, -0.1) is 0 Å². The zero-order valence-corrected chi connectivity index (χ0v) is 18.0. The normalized spacial score (nSPS) is 19.4. The number of rotatable bonds is 4. The first-order chi connectivity index (χ1) is 14.0. The van der Waals surface area contributed by atoms with Crippen LogP contribution in [0.4, 0.5) is 0 Å². The minimum Gasteiger partial charge on any atom is -0.493 e. The number of carbonyl (C=O) groups excluding carboxylic acids is 2. The summed E-state index contributed by atoms with van der Waals surface area (Å²) in [6.45, 7) is 5.87. The van der Waals surface area contributed by atoms with Gasteiger partial charge in [0.15, 0.2) is 23.7 Å². The van der Waals surface area contributed by atoms with Crippen LogP contribution in [-0.2, 0) is 26.1 Å². The number of hydrogen-bond acceptors (Lipinski definition) is 8. The number of ether oxygens (including phenoxy) is 5. The molecular weight excluding hydrogens is 394 g/mol. The summed E-state index contributed by atoms with van der Waals surface area (Å²) in [5.41, 5.74) is -1.00. The molecule has 9 heteroatoms. The number of hydrogen-bond donors (Lipinski definition) is 0. The van der Waals surface area contributed by atoms with Crippen molar-refractivity contribution < 1.29 is 33.3 Å². The SMILES string of the molecule is COc1ccc2c3c(c(=O)n(C)c2c1OC)C(OC(C)=O)C(OC(C)=O)C(C)(C)O3. The predicted octanol–water partition coefficient (Wildman–Crippen LogP) is 2.26. The lowest BCUT2D eigenvalue weighted by molar-refractivity contribution is -0.188. The largest absolute Gasteiger partial charge is 0.493 e. The molecule has 0 spiro atoms. The Balaban J connectivity index is 2.42. The van der Waals surface area contributed by atoms with Crippen molar-refractivity contribution in [3.63, 3.8) is 0 Å². The second kappa shape index (κ2) is 7.55. The average Bonchev–Trinajstić information content (AvgIpc) is 2.66. The van der Waals surface area contributed by atoms with Gasteiger partial charge in [-0.05, 0) is 26.0 Å². The maximum absolute atomic E-state index is 13.4. The van der Waals surface area contributed by atoms with Crippen molar-refractivity contribution in [3.8, 4) is 17.2 Å². The van der Waals surface area contributed by atoms with Crippen molar-refractivity contribution in [1.82, 2.24) is 4.57 Å². The molecule has 1 aliphatic heterocycles. The molecule has 0 saturated carbocycles. The summed E-state index contributed by atoms with van der Waals surface area (Å²) < 4.78 is 29.3. The Bertz CT molecular complexity index is 1080. The van der Waals surface area contributed by atoms with E-state index in [0.29, 0.717) is 22.4 Å². The van der Waals surface area contributed by atoms with Gasteiger partial charge in [-0.25, -0.2) is 0 Å². The fraction of sp³-hybridized carbons (Fsp3) is 0.476. The summed E-state index contributed by atoms with van der Waals surface area (Å²) in [5, 5.41) is 0.566. The number of pyridine rings is 1. The second-order valence-electron chi connectivity index (χ2n) is 7.57. The molecule has 2 aromatic rings. The van der Waals surface area contributed by atoms with E-state index in [4.69, 9.17) is 23.7 Å². The molecule has 30 heavy (non-hydrogen) atoms. The zero-order chi connectivity index (χ0) is 22.4. The van der Waals surface area contributed by atoms with E-state index in [1.165, 1.54) is 32.6 Å². The van der Waals surface area contributed by atoms with Crippen LogP contribution >= 0.6 is 0 Å². The van der Waals surface area contributed by atoms with Gasteiger partial charge in [-0.3, -0.25) is 14.4 Å². The van der Waals surface area contributed by atoms with Crippen LogP contribution in [0.15, 0.2) is 16.9 Å². The topological polar surface area (TPSA) is 102 Å². The summed E-state index contributed by atoms with van der Waals surface area (Å²) in [6.07, 6.45) is -2.15. The lowest BCUT2D eigenvalue weighted by Gasteiger charge is -2.43. The van der Waals surface area contributed by atoms with Crippen molar-refractivity contribution >= 4 is 22.8 Å². The maximum Gasteiger partial charge on any atom is 0.303 e. The van der Waals surface area contributed by atoms with Crippen molar-refractivity contribution in [2.45, 2.75) is 45.5 Å². The number of carbonyl (C=O) groups is 2. The number of fused-ring (bicyclic) bond motifs is 3. The van der Waals surface area contributed by atoms with Crippen molar-refractivity contribution in [1.29, 1.82) is 0 Å². The Morgan fingerprint density at radius 2 is 1.70 bits per heavy atom. The molecule has 0 amide bonds. The third kappa shape index (κ3) is 3.34. The molecule has 0 bridgehead atoms. The van der Waals surface area contributed by atoms with Crippen molar-refractivity contribution in [3.05, 3.63) is 28.0 Å². The van der Waals surface area contributed by atoms with Gasteiger partial charge >= 0.3 is 11.9 Å². The van der Waals surface area contributed by atoms with Gasteiger partial charge in [0.05, 0.1) is 14.2 Å². The molecule has 162 valence electrons. The van der Waals surface area contributed by atoms with Crippen LogP contribution < -0.4 is 19.8 Å². The fourth-order valence-corrected chi connectivity index (χ4v) is 3.83. The third-order valence-corrected chi connectivity index (χ3v) is 5.07. The van der Waals surface area contributed by atoms with Crippen LogP contribution in [0, 0.1) is 0 Å². The van der Waals surface area contributed by atoms with Gasteiger partial charge in [0.25, 0.3) is 5.56 Å². The van der Waals surface area contributed by atoms with Gasteiger partial charge in [0, 0.05) is 26.3 Å². The molecule has 0 aliphatic carbocycles. The maximum atomic E-state index is 13.4. The van der Waals surface area contributed by atoms with Gasteiger partial charge < -0.3 is 28.3 Å². The van der Waals surface area contributed by atoms with E-state index in [2.05, 4.69) is 0 Å². The number of esters is 2. The van der Waals surface area contributed by atoms with Crippen LogP contribution in [0.25, 0.3) is 10.9 Å². The molecule has 0 N–H and O–H groups in total. The van der Waals surface area contributed by atoms with Gasteiger partial charge in [0.1, 0.15) is 22.4 Å². The van der Waals surface area contributed by atoms with Crippen LogP contribution in [0.2, 0.25) is 0 Å². The van der Waals surface area contributed by atoms with E-state index in [0.717, 1.165) is 0 Å². The molecule has 0 radical (unpaired) electrons. The highest BCUT2D eigenvalue weighted by Crippen LogP contribution is 2.47. The molecular formula is C21H25NO8. The molecule has 2 heterocycles. The molecule has 1 aliphatic rings. The molecule has 2 unspecified atom stereocenters. The summed E-state index contributed by atoms with van der Waals surface area (Å²) in [5.74, 6) is -0.139. The third-order valence-electron chi connectivity index (χ3n) is 5.07. The number of benzene rings is 1. The lowest BCUT2D eigenvalue weighted by Crippen LogP contribution is -2.53. The zero-order valence-electron chi connectivity index (χ0n) is 18.0. The molecule has 0 fully saturated rings. The van der Waals surface area contributed by atoms with E-state index in [-0.39, 0.29) is 11.3 Å². The Morgan fingerprint density at radius 1 is 1.07 bits per heavy atom. The average molecular weight is 419 g/mol. The first-order valence-electron chi connectivity index (χ1n) is 9.34. The van der Waals surface area contributed by atoms with Gasteiger partial charge in [-0.1, -0.05) is 0 Å². The van der Waals surface area contributed by atoms with Crippen molar-refractivity contribution in [2.75, 3.05) is 14.2 Å². The number of methoxy groups -OCH3 is 2. The molecule has 1 aromatic heterocycles. The first kappa shape index (κ1) is 21.5. The van der Waals surface area contributed by atoms with Gasteiger partial charge in [0.2, 0.25) is 0 Å². The van der Waals surface area contributed by atoms with Crippen LogP contribution in [0.1, 0.15) is 39.4 Å². The summed E-state index contributed by atoms with van der Waals surface area (Å²) >= 11 is 0. The van der Waals surface area contributed by atoms with Crippen LogP contribution in [0.5, 0.6) is 17.2 Å². The van der Waals surface area contributed by atoms with Gasteiger partial charge in [-0.2, -0.15) is 0 Å². The van der Waals surface area contributed by atoms with E-state index < -0.39 is 35.3 Å². The lowest BCUT2D eigenvalue weighted by atomic mass is 9.87. The van der Waals surface area contributed by atoms with E-state index >= 15 is 0 Å². The Hall–Kier alpha value is -3.23. The Labute approximate surface area is 173 Å². The standard InChI is InChI=1S/C21H25NO8/c1-10(23)28-18-14-16(30-21(3,4)19(18)29-11(2)24)12-8-9-13(26-6)17(27-7)15(12)22(5)20(14)25/h8-9,18-19H,1-7H3. The Kier molecular flexibility index (Phi) is 5.40. The predicted molar refractivity (Wildman–Crippen MR) is 107 cm³/mol. The molecule has 2 atom stereocenters. The molecule has 0 saturated heterocycles. The first-order valence-corrected chi connectivity index (χ1v) is 9.34. The molecule has 3 rings (SSSR count). The van der Waals surface area contributed by atoms with E-state index in [9.17, 15) is 14.4 Å². The van der Waals surface area contributed by atoms with Crippen LogP contribution in [0.3, 0.4) is 0 Å².